The van der Waals surface area contributed by atoms with Gasteiger partial charge in [-0.25, -0.2) is 8.42 Å². The molecular formula is C12H12ClF3O4S. The molecule has 21 heavy (non-hydrogen) atoms. The number of halogens is 4. The van der Waals surface area contributed by atoms with Crippen LogP contribution in [-0.4, -0.2) is 33.4 Å². The second kappa shape index (κ2) is 6.65. The molecule has 118 valence electrons. The third-order valence-electron chi connectivity index (χ3n) is 2.62. The first-order valence-electron chi connectivity index (χ1n) is 5.68. The third-order valence-corrected chi connectivity index (χ3v) is 4.83. The molecule has 0 aliphatic heterocycles. The van der Waals surface area contributed by atoms with Gasteiger partial charge >= 0.3 is 12.1 Å². The second-order valence-electron chi connectivity index (χ2n) is 4.19. The van der Waals surface area contributed by atoms with E-state index in [-0.39, 0.29) is 5.56 Å². The fraction of sp³-hybridized carbons (Fsp3) is 0.417. The maximum absolute atomic E-state index is 12.2. The Bertz CT molecular complexity index is 596. The molecule has 1 atom stereocenters. The molecule has 0 spiro atoms. The summed E-state index contributed by atoms with van der Waals surface area (Å²) in [7, 11) is -3.41. The summed E-state index contributed by atoms with van der Waals surface area (Å²) in [6.45, 7) is 0. The fourth-order valence-electron chi connectivity index (χ4n) is 1.61. The maximum Gasteiger partial charge on any atom is 0.390 e. The van der Waals surface area contributed by atoms with Crippen molar-refractivity contribution in [1.29, 1.82) is 0 Å². The van der Waals surface area contributed by atoms with Gasteiger partial charge in [0.2, 0.25) is 0 Å². The Labute approximate surface area is 124 Å². The van der Waals surface area contributed by atoms with Gasteiger partial charge in [-0.15, -0.1) is 0 Å². The highest BCUT2D eigenvalue weighted by molar-refractivity contribution is 7.92. The van der Waals surface area contributed by atoms with Crippen LogP contribution in [0.2, 0.25) is 5.02 Å². The van der Waals surface area contributed by atoms with Crippen molar-refractivity contribution < 1.29 is 31.1 Å². The Hall–Kier alpha value is -1.28. The Morgan fingerprint density at radius 1 is 1.29 bits per heavy atom. The van der Waals surface area contributed by atoms with E-state index in [1.165, 1.54) is 24.3 Å². The first-order chi connectivity index (χ1) is 9.57. The van der Waals surface area contributed by atoms with Crippen molar-refractivity contribution in [2.45, 2.75) is 17.8 Å². The highest BCUT2D eigenvalue weighted by Gasteiger charge is 2.38. The van der Waals surface area contributed by atoms with Crippen LogP contribution in [0.5, 0.6) is 0 Å². The van der Waals surface area contributed by atoms with Crippen molar-refractivity contribution in [2.24, 2.45) is 0 Å². The summed E-state index contributed by atoms with van der Waals surface area (Å²) in [5.41, 5.74) is 0.00780. The minimum atomic E-state index is -4.63. The molecule has 0 N–H and O–H groups in total. The highest BCUT2D eigenvalue weighted by atomic mass is 35.5. The molecular weight excluding hydrogens is 333 g/mol. The van der Waals surface area contributed by atoms with Crippen LogP contribution in [0.1, 0.15) is 17.2 Å². The Morgan fingerprint density at radius 2 is 1.81 bits per heavy atom. The van der Waals surface area contributed by atoms with Crippen LogP contribution in [-0.2, 0) is 19.4 Å². The molecule has 0 amide bonds. The van der Waals surface area contributed by atoms with Crippen LogP contribution < -0.4 is 0 Å². The quantitative estimate of drug-likeness (QED) is 0.771. The van der Waals surface area contributed by atoms with Crippen LogP contribution in [0, 0.1) is 0 Å². The van der Waals surface area contributed by atoms with E-state index in [0.29, 0.717) is 5.02 Å². The Balaban J connectivity index is 3.13. The molecule has 0 aromatic heterocycles. The molecule has 0 fully saturated rings. The topological polar surface area (TPSA) is 60.4 Å². The minimum absolute atomic E-state index is 0.00780. The summed E-state index contributed by atoms with van der Waals surface area (Å²) in [5, 5.41) is -1.50. The van der Waals surface area contributed by atoms with Gasteiger partial charge in [0.1, 0.15) is 0 Å². The number of ether oxygens (including phenoxy) is 1. The molecule has 1 aromatic carbocycles. The largest absolute Gasteiger partial charge is 0.468 e. The first kappa shape index (κ1) is 17.8. The molecule has 0 heterocycles. The van der Waals surface area contributed by atoms with E-state index in [9.17, 15) is 26.4 Å². The van der Waals surface area contributed by atoms with Crippen LogP contribution in [0.15, 0.2) is 24.3 Å². The van der Waals surface area contributed by atoms with Gasteiger partial charge in [0.25, 0.3) is 0 Å². The third kappa shape index (κ3) is 5.20. The van der Waals surface area contributed by atoms with E-state index in [0.717, 1.165) is 7.11 Å². The van der Waals surface area contributed by atoms with Crippen molar-refractivity contribution >= 4 is 27.4 Å². The van der Waals surface area contributed by atoms with Crippen molar-refractivity contribution in [3.8, 4) is 0 Å². The summed E-state index contributed by atoms with van der Waals surface area (Å²) in [4.78, 5) is 11.7. The van der Waals surface area contributed by atoms with Crippen LogP contribution >= 0.6 is 11.6 Å². The van der Waals surface area contributed by atoms with Crippen molar-refractivity contribution in [3.63, 3.8) is 0 Å². The average molecular weight is 345 g/mol. The van der Waals surface area contributed by atoms with E-state index in [4.69, 9.17) is 11.6 Å². The molecule has 9 heteroatoms. The zero-order chi connectivity index (χ0) is 16.3. The van der Waals surface area contributed by atoms with E-state index in [1.54, 1.807) is 0 Å². The lowest BCUT2D eigenvalue weighted by Gasteiger charge is -2.16. The van der Waals surface area contributed by atoms with Gasteiger partial charge in [-0.2, -0.15) is 13.2 Å². The predicted molar refractivity (Wildman–Crippen MR) is 70.7 cm³/mol. The first-order valence-corrected chi connectivity index (χ1v) is 7.78. The molecule has 1 rings (SSSR count). The SMILES string of the molecule is COC(=O)C(c1ccc(Cl)cc1)S(=O)(=O)CCC(F)(F)F. The number of carbonyl (C=O) groups excluding carboxylic acids is 1. The number of esters is 1. The van der Waals surface area contributed by atoms with E-state index in [1.807, 2.05) is 0 Å². The van der Waals surface area contributed by atoms with Crippen LogP contribution in [0.4, 0.5) is 13.2 Å². The molecule has 0 bridgehead atoms. The molecule has 0 radical (unpaired) electrons. The van der Waals surface area contributed by atoms with Crippen LogP contribution in [0.25, 0.3) is 0 Å². The average Bonchev–Trinajstić information content (AvgIpc) is 2.38. The summed E-state index contributed by atoms with van der Waals surface area (Å²) < 4.78 is 65.0. The molecule has 1 aromatic rings. The lowest BCUT2D eigenvalue weighted by molar-refractivity contribution is -0.140. The van der Waals surface area contributed by atoms with E-state index >= 15 is 0 Å². The van der Waals surface area contributed by atoms with Gasteiger partial charge in [-0.05, 0) is 17.7 Å². The number of methoxy groups -OCH3 is 1. The molecule has 1 unspecified atom stereocenters. The summed E-state index contributed by atoms with van der Waals surface area (Å²) in [6.07, 6.45) is -6.16. The second-order valence-corrected chi connectivity index (χ2v) is 6.83. The van der Waals surface area contributed by atoms with Crippen LogP contribution in [0.3, 0.4) is 0 Å². The maximum atomic E-state index is 12.2. The standard InChI is InChI=1S/C12H12ClF3O4S/c1-20-11(17)10(8-2-4-9(13)5-3-8)21(18,19)7-6-12(14,15)16/h2-5,10H,6-7H2,1H3. The van der Waals surface area contributed by atoms with Gasteiger partial charge in [-0.3, -0.25) is 4.79 Å². The normalized spacial score (nSPS) is 13.8. The monoisotopic (exact) mass is 344 g/mol. The summed E-state index contributed by atoms with van der Waals surface area (Å²) in [6, 6.07) is 5.20. The number of hydrogen-bond donors (Lipinski definition) is 0. The molecule has 0 saturated carbocycles. The molecule has 0 aliphatic rings. The molecule has 0 saturated heterocycles. The van der Waals surface area contributed by atoms with Gasteiger partial charge in [0.05, 0.1) is 19.3 Å². The zero-order valence-corrected chi connectivity index (χ0v) is 12.4. The number of carbonyl (C=O) groups is 1. The van der Waals surface area contributed by atoms with Gasteiger partial charge in [0.15, 0.2) is 15.1 Å². The number of alkyl halides is 3. The van der Waals surface area contributed by atoms with Gasteiger partial charge in [-0.1, -0.05) is 23.7 Å². The smallest absolute Gasteiger partial charge is 0.390 e. The van der Waals surface area contributed by atoms with Gasteiger partial charge in [0, 0.05) is 5.02 Å². The summed E-state index contributed by atoms with van der Waals surface area (Å²) in [5.74, 6) is -2.33. The van der Waals surface area contributed by atoms with E-state index < -0.39 is 39.4 Å². The Kier molecular flexibility index (Phi) is 5.63. The zero-order valence-electron chi connectivity index (χ0n) is 10.9. The van der Waals surface area contributed by atoms with Crippen molar-refractivity contribution in [3.05, 3.63) is 34.9 Å². The minimum Gasteiger partial charge on any atom is -0.468 e. The molecule has 4 nitrogen and oxygen atoms in total. The number of hydrogen-bond acceptors (Lipinski definition) is 4. The fourth-order valence-corrected chi connectivity index (χ4v) is 3.45. The number of benzene rings is 1. The van der Waals surface area contributed by atoms with Crippen molar-refractivity contribution in [1.82, 2.24) is 0 Å². The predicted octanol–water partition coefficient (Wildman–Crippen LogP) is 2.92. The summed E-state index contributed by atoms with van der Waals surface area (Å²) >= 11 is 5.65. The molecule has 0 aliphatic carbocycles. The van der Waals surface area contributed by atoms with Gasteiger partial charge < -0.3 is 4.74 Å². The number of rotatable bonds is 5. The van der Waals surface area contributed by atoms with E-state index in [2.05, 4.69) is 4.74 Å². The Morgan fingerprint density at radius 3 is 2.24 bits per heavy atom. The van der Waals surface area contributed by atoms with Crippen molar-refractivity contribution in [2.75, 3.05) is 12.9 Å². The number of sulfone groups is 1. The lowest BCUT2D eigenvalue weighted by Crippen LogP contribution is -2.27. The highest BCUT2D eigenvalue weighted by Crippen LogP contribution is 2.29. The lowest BCUT2D eigenvalue weighted by atomic mass is 10.1.